The molecule has 2 aromatic carbocycles. The summed E-state index contributed by atoms with van der Waals surface area (Å²) < 4.78 is 64.9. The second-order valence-corrected chi connectivity index (χ2v) is 7.79. The van der Waals surface area contributed by atoms with Gasteiger partial charge in [0.2, 0.25) is 0 Å². The first-order valence-corrected chi connectivity index (χ1v) is 9.07. The number of hydrogen-bond acceptors (Lipinski definition) is 6. The van der Waals surface area contributed by atoms with E-state index >= 15 is 0 Å². The van der Waals surface area contributed by atoms with Crippen molar-refractivity contribution >= 4 is 37.4 Å². The fourth-order valence-corrected chi connectivity index (χ4v) is 3.60. The highest BCUT2D eigenvalue weighted by Crippen LogP contribution is 2.36. The van der Waals surface area contributed by atoms with Gasteiger partial charge in [-0.1, -0.05) is 6.07 Å². The second kappa shape index (κ2) is 5.88. The fourth-order valence-electron chi connectivity index (χ4n) is 2.06. The summed E-state index contributed by atoms with van der Waals surface area (Å²) in [6.07, 6.45) is 0. The predicted molar refractivity (Wildman–Crippen MR) is 89.8 cm³/mol. The number of alkyl halides is 3. The van der Waals surface area contributed by atoms with Gasteiger partial charge in [-0.25, -0.2) is 4.98 Å². The lowest BCUT2D eigenvalue weighted by atomic mass is 10.2. The summed E-state index contributed by atoms with van der Waals surface area (Å²) >= 11 is 1.32. The number of benzene rings is 2. The van der Waals surface area contributed by atoms with Crippen molar-refractivity contribution in [3.8, 4) is 16.3 Å². The standard InChI is InChI=1S/C15H11F3N2O3S2/c1-8-2-5-11-13(6-8)24-14(20-11)9-3-4-10(19)12(7-9)23-25(21,22)15(16,17)18/h2-7H,19H2,1H3. The molecule has 0 amide bonds. The molecule has 5 nitrogen and oxygen atoms in total. The van der Waals surface area contributed by atoms with Gasteiger partial charge in [-0.05, 0) is 42.8 Å². The maximum atomic E-state index is 12.5. The first kappa shape index (κ1) is 17.5. The Kier molecular flexibility index (Phi) is 4.12. The van der Waals surface area contributed by atoms with E-state index in [1.165, 1.54) is 23.5 Å². The first-order valence-electron chi connectivity index (χ1n) is 6.85. The SMILES string of the molecule is Cc1ccc2nc(-c3ccc(N)c(OS(=O)(=O)C(F)(F)F)c3)sc2c1. The molecular weight excluding hydrogens is 377 g/mol. The summed E-state index contributed by atoms with van der Waals surface area (Å²) in [6, 6.07) is 9.58. The van der Waals surface area contributed by atoms with E-state index in [9.17, 15) is 21.6 Å². The Labute approximate surface area is 145 Å². The number of anilines is 1. The maximum absolute atomic E-state index is 12.5. The Balaban J connectivity index is 2.04. The number of fused-ring (bicyclic) bond motifs is 1. The molecule has 10 heteroatoms. The van der Waals surface area contributed by atoms with Gasteiger partial charge in [-0.15, -0.1) is 11.3 Å². The van der Waals surface area contributed by atoms with Crippen LogP contribution in [0.1, 0.15) is 5.56 Å². The van der Waals surface area contributed by atoms with Crippen molar-refractivity contribution < 1.29 is 25.8 Å². The van der Waals surface area contributed by atoms with Crippen molar-refractivity contribution in [3.63, 3.8) is 0 Å². The molecule has 0 radical (unpaired) electrons. The zero-order valence-electron chi connectivity index (χ0n) is 12.7. The van der Waals surface area contributed by atoms with E-state index in [2.05, 4.69) is 9.17 Å². The Bertz CT molecular complexity index is 1060. The lowest BCUT2D eigenvalue weighted by molar-refractivity contribution is -0.0499. The van der Waals surface area contributed by atoms with Crippen LogP contribution in [0.3, 0.4) is 0 Å². The molecule has 0 fully saturated rings. The first-order chi connectivity index (χ1) is 11.6. The van der Waals surface area contributed by atoms with E-state index in [0.717, 1.165) is 21.8 Å². The molecule has 0 unspecified atom stereocenters. The van der Waals surface area contributed by atoms with Gasteiger partial charge in [0.25, 0.3) is 0 Å². The summed E-state index contributed by atoms with van der Waals surface area (Å²) in [4.78, 5) is 4.39. The molecule has 3 aromatic rings. The minimum atomic E-state index is -5.80. The third-order valence-corrected chi connectivity index (χ3v) is 5.32. The second-order valence-electron chi connectivity index (χ2n) is 5.23. The van der Waals surface area contributed by atoms with Crippen molar-refractivity contribution in [2.45, 2.75) is 12.4 Å². The summed E-state index contributed by atoms with van der Waals surface area (Å²) in [7, 11) is -5.80. The van der Waals surface area contributed by atoms with Gasteiger partial charge >= 0.3 is 15.6 Å². The molecule has 0 spiro atoms. The highest BCUT2D eigenvalue weighted by Gasteiger charge is 2.48. The van der Waals surface area contributed by atoms with Crippen LogP contribution in [0.4, 0.5) is 18.9 Å². The molecular formula is C15H11F3N2O3S2. The Morgan fingerprint density at radius 3 is 2.56 bits per heavy atom. The topological polar surface area (TPSA) is 82.3 Å². The lowest BCUT2D eigenvalue weighted by Crippen LogP contribution is -2.28. The molecule has 0 aliphatic carbocycles. The summed E-state index contributed by atoms with van der Waals surface area (Å²) in [5.74, 6) is -0.592. The highest BCUT2D eigenvalue weighted by molar-refractivity contribution is 7.88. The predicted octanol–water partition coefficient (Wildman–Crippen LogP) is 4.08. The van der Waals surface area contributed by atoms with Gasteiger partial charge in [0.1, 0.15) is 5.01 Å². The van der Waals surface area contributed by atoms with E-state index in [1.807, 2.05) is 25.1 Å². The molecule has 0 aliphatic rings. The molecule has 0 saturated carbocycles. The molecule has 1 heterocycles. The molecule has 0 aliphatic heterocycles. The van der Waals surface area contributed by atoms with Crippen LogP contribution in [0, 0.1) is 6.92 Å². The third-order valence-electron chi connectivity index (χ3n) is 3.29. The molecule has 1 aromatic heterocycles. The van der Waals surface area contributed by atoms with Crippen LogP contribution in [-0.4, -0.2) is 18.9 Å². The van der Waals surface area contributed by atoms with Crippen LogP contribution in [0.15, 0.2) is 36.4 Å². The number of nitrogen functional groups attached to an aromatic ring is 1. The molecule has 0 bridgehead atoms. The number of hydrogen-bond donors (Lipinski definition) is 1. The summed E-state index contributed by atoms with van der Waals surface area (Å²) in [5.41, 5.74) is 1.95. The van der Waals surface area contributed by atoms with E-state index in [-0.39, 0.29) is 5.69 Å². The van der Waals surface area contributed by atoms with Crippen LogP contribution in [0.2, 0.25) is 0 Å². The fraction of sp³-hybridized carbons (Fsp3) is 0.133. The van der Waals surface area contributed by atoms with Crippen molar-refractivity contribution in [1.82, 2.24) is 4.98 Å². The van der Waals surface area contributed by atoms with Gasteiger partial charge in [0.15, 0.2) is 5.75 Å². The summed E-state index contributed by atoms with van der Waals surface area (Å²) in [6.45, 7) is 1.93. The van der Waals surface area contributed by atoms with Gasteiger partial charge < -0.3 is 9.92 Å². The summed E-state index contributed by atoms with van der Waals surface area (Å²) in [5, 5.41) is 0.509. The van der Waals surface area contributed by atoms with Crippen LogP contribution in [0.5, 0.6) is 5.75 Å². The third kappa shape index (κ3) is 3.40. The Morgan fingerprint density at radius 2 is 1.88 bits per heavy atom. The molecule has 25 heavy (non-hydrogen) atoms. The normalized spacial score (nSPS) is 12.5. The number of rotatable bonds is 3. The van der Waals surface area contributed by atoms with Gasteiger partial charge in [-0.2, -0.15) is 21.6 Å². The zero-order valence-corrected chi connectivity index (χ0v) is 14.3. The van der Waals surface area contributed by atoms with Crippen molar-refractivity contribution in [2.75, 3.05) is 5.73 Å². The lowest BCUT2D eigenvalue weighted by Gasteiger charge is -2.11. The number of aromatic nitrogens is 1. The molecule has 132 valence electrons. The maximum Gasteiger partial charge on any atom is 0.534 e. The van der Waals surface area contributed by atoms with E-state index in [0.29, 0.717) is 10.6 Å². The number of halogens is 3. The molecule has 3 rings (SSSR count). The average molecular weight is 388 g/mol. The van der Waals surface area contributed by atoms with E-state index in [1.54, 1.807) is 0 Å². The van der Waals surface area contributed by atoms with E-state index in [4.69, 9.17) is 5.73 Å². The van der Waals surface area contributed by atoms with Gasteiger partial charge in [0, 0.05) is 5.56 Å². The minimum absolute atomic E-state index is 0.228. The number of nitrogens with zero attached hydrogens (tertiary/aromatic N) is 1. The quantitative estimate of drug-likeness (QED) is 0.415. The number of nitrogens with two attached hydrogens (primary N) is 1. The zero-order chi connectivity index (χ0) is 18.4. The van der Waals surface area contributed by atoms with Crippen LogP contribution >= 0.6 is 11.3 Å². The Hall–Kier alpha value is -2.33. The van der Waals surface area contributed by atoms with Crippen LogP contribution in [-0.2, 0) is 10.1 Å². The van der Waals surface area contributed by atoms with Crippen molar-refractivity contribution in [3.05, 3.63) is 42.0 Å². The smallest absolute Gasteiger partial charge is 0.396 e. The molecule has 0 saturated heterocycles. The highest BCUT2D eigenvalue weighted by atomic mass is 32.2. The monoisotopic (exact) mass is 388 g/mol. The minimum Gasteiger partial charge on any atom is -0.396 e. The van der Waals surface area contributed by atoms with Crippen molar-refractivity contribution in [2.24, 2.45) is 0 Å². The van der Waals surface area contributed by atoms with E-state index < -0.39 is 21.4 Å². The van der Waals surface area contributed by atoms with Gasteiger partial charge in [0.05, 0.1) is 15.9 Å². The average Bonchev–Trinajstić information content (AvgIpc) is 2.91. The van der Waals surface area contributed by atoms with Crippen LogP contribution < -0.4 is 9.92 Å². The van der Waals surface area contributed by atoms with Crippen molar-refractivity contribution in [1.29, 1.82) is 0 Å². The van der Waals surface area contributed by atoms with Crippen LogP contribution in [0.25, 0.3) is 20.8 Å². The van der Waals surface area contributed by atoms with Gasteiger partial charge in [-0.3, -0.25) is 0 Å². The largest absolute Gasteiger partial charge is 0.534 e. The Morgan fingerprint density at radius 1 is 1.16 bits per heavy atom. The number of thiazole rings is 1. The molecule has 2 N–H and O–H groups in total. The number of aryl methyl sites for hydroxylation is 1. The molecule has 0 atom stereocenters.